The minimum atomic E-state index is -0.170. The van der Waals surface area contributed by atoms with Crippen LogP contribution in [0, 0.1) is 0 Å². The predicted molar refractivity (Wildman–Crippen MR) is 142 cm³/mol. The van der Waals surface area contributed by atoms with Crippen LogP contribution in [-0.2, 0) is 11.4 Å². The van der Waals surface area contributed by atoms with E-state index in [9.17, 15) is 4.79 Å². The Bertz CT molecular complexity index is 1230. The molecule has 0 radical (unpaired) electrons. The van der Waals surface area contributed by atoms with Gasteiger partial charge in [0.15, 0.2) is 10.1 Å². The zero-order valence-electron chi connectivity index (χ0n) is 16.2. The molecule has 1 aliphatic rings. The van der Waals surface area contributed by atoms with Crippen LogP contribution < -0.4 is 9.64 Å². The van der Waals surface area contributed by atoms with Gasteiger partial charge >= 0.3 is 0 Å². The Morgan fingerprint density at radius 3 is 2.47 bits per heavy atom. The fraction of sp³-hybridized carbons (Fsp3) is 0.0435. The molecule has 1 heterocycles. The van der Waals surface area contributed by atoms with Crippen LogP contribution in [0.1, 0.15) is 11.1 Å². The summed E-state index contributed by atoms with van der Waals surface area (Å²) in [6, 6.07) is 18.1. The second kappa shape index (κ2) is 10.2. The first-order valence-corrected chi connectivity index (χ1v) is 12.4. The molecule has 1 aliphatic heterocycles. The molecule has 1 amide bonds. The smallest absolute Gasteiger partial charge is 0.270 e. The maximum absolute atomic E-state index is 12.9. The molecule has 32 heavy (non-hydrogen) atoms. The van der Waals surface area contributed by atoms with Gasteiger partial charge in [0.25, 0.3) is 5.91 Å². The molecule has 0 atom stereocenters. The van der Waals surface area contributed by atoms with Gasteiger partial charge in [0, 0.05) is 15.6 Å². The Morgan fingerprint density at radius 1 is 1.03 bits per heavy atom. The maximum Gasteiger partial charge on any atom is 0.270 e. The quantitative estimate of drug-likeness (QED) is 0.222. The number of rotatable bonds is 5. The molecular formula is C23H13BrCl3NO2S2. The largest absolute Gasteiger partial charge is 0.486 e. The number of ether oxygens (including phenoxy) is 1. The number of halogens is 4. The summed E-state index contributed by atoms with van der Waals surface area (Å²) in [7, 11) is 0. The fourth-order valence-electron chi connectivity index (χ4n) is 3.01. The standard InChI is InChI=1S/C23H13BrCl3NO2S2/c24-17-8-13(9-19(27)21(17)30-12-14-6-7-15(25)11-18(14)26)10-20-22(29)28(23(31)32-20)16-4-2-1-3-5-16/h1-11H,12H2/b20-10+. The van der Waals surface area contributed by atoms with Gasteiger partial charge in [-0.15, -0.1) is 0 Å². The first kappa shape index (κ1) is 23.6. The highest BCUT2D eigenvalue weighted by Crippen LogP contribution is 2.39. The molecule has 4 rings (SSSR count). The van der Waals surface area contributed by atoms with Gasteiger partial charge in [-0.3, -0.25) is 9.69 Å². The lowest BCUT2D eigenvalue weighted by molar-refractivity contribution is -0.113. The van der Waals surface area contributed by atoms with E-state index in [0.717, 1.165) is 16.8 Å². The van der Waals surface area contributed by atoms with Gasteiger partial charge < -0.3 is 4.74 Å². The second-order valence-electron chi connectivity index (χ2n) is 6.69. The van der Waals surface area contributed by atoms with Crippen LogP contribution in [0.15, 0.2) is 70.0 Å². The van der Waals surface area contributed by atoms with Crippen molar-refractivity contribution in [1.82, 2.24) is 0 Å². The Morgan fingerprint density at radius 2 is 1.78 bits per heavy atom. The van der Waals surface area contributed by atoms with E-state index in [4.69, 9.17) is 51.8 Å². The van der Waals surface area contributed by atoms with E-state index < -0.39 is 0 Å². The lowest BCUT2D eigenvalue weighted by Crippen LogP contribution is -2.27. The average molecular weight is 586 g/mol. The summed E-state index contributed by atoms with van der Waals surface area (Å²) in [6.07, 6.45) is 1.76. The minimum absolute atomic E-state index is 0.170. The van der Waals surface area contributed by atoms with Crippen molar-refractivity contribution in [2.75, 3.05) is 4.90 Å². The summed E-state index contributed by atoms with van der Waals surface area (Å²) in [5.41, 5.74) is 2.27. The zero-order valence-corrected chi connectivity index (χ0v) is 21.6. The van der Waals surface area contributed by atoms with E-state index >= 15 is 0 Å². The maximum atomic E-state index is 12.9. The SMILES string of the molecule is O=C1/C(=C\c2cc(Cl)c(OCc3ccc(Cl)cc3Cl)c(Br)c2)SC(=S)N1c1ccccc1. The van der Waals surface area contributed by atoms with Crippen molar-refractivity contribution in [3.8, 4) is 5.75 Å². The van der Waals surface area contributed by atoms with Gasteiger partial charge in [-0.1, -0.05) is 83.0 Å². The molecule has 1 fully saturated rings. The number of thiocarbonyl (C=S) groups is 1. The molecule has 0 bridgehead atoms. The number of anilines is 1. The van der Waals surface area contributed by atoms with Gasteiger partial charge in [0.05, 0.1) is 20.1 Å². The molecule has 3 aromatic rings. The molecule has 0 aromatic heterocycles. The Balaban J connectivity index is 1.55. The monoisotopic (exact) mass is 583 g/mol. The third-order valence-electron chi connectivity index (χ3n) is 4.51. The van der Waals surface area contributed by atoms with Crippen molar-refractivity contribution >= 4 is 96.7 Å². The average Bonchev–Trinajstić information content (AvgIpc) is 3.02. The van der Waals surface area contributed by atoms with Gasteiger partial charge in [-0.2, -0.15) is 0 Å². The van der Waals surface area contributed by atoms with Crippen molar-refractivity contribution in [2.24, 2.45) is 0 Å². The van der Waals surface area contributed by atoms with Crippen LogP contribution >= 0.6 is 74.7 Å². The van der Waals surface area contributed by atoms with Crippen LogP contribution in [0.25, 0.3) is 6.08 Å². The third kappa shape index (κ3) is 5.16. The number of thioether (sulfide) groups is 1. The molecule has 0 N–H and O–H groups in total. The Labute approximate surface area is 218 Å². The van der Waals surface area contributed by atoms with Gasteiger partial charge in [0.1, 0.15) is 6.61 Å². The zero-order chi connectivity index (χ0) is 22.8. The van der Waals surface area contributed by atoms with E-state index in [1.807, 2.05) is 36.4 Å². The molecular weight excluding hydrogens is 573 g/mol. The molecule has 3 aromatic carbocycles. The Hall–Kier alpha value is -1.54. The highest BCUT2D eigenvalue weighted by Gasteiger charge is 2.33. The summed E-state index contributed by atoms with van der Waals surface area (Å²) in [5.74, 6) is 0.308. The number of carbonyl (C=O) groups excluding carboxylic acids is 1. The summed E-state index contributed by atoms with van der Waals surface area (Å²) in [4.78, 5) is 15.0. The Kier molecular flexibility index (Phi) is 7.50. The number of carbonyl (C=O) groups is 1. The summed E-state index contributed by atoms with van der Waals surface area (Å²) < 4.78 is 7.02. The van der Waals surface area contributed by atoms with Crippen molar-refractivity contribution in [2.45, 2.75) is 6.61 Å². The molecule has 1 saturated heterocycles. The number of para-hydroxylation sites is 1. The number of hydrogen-bond acceptors (Lipinski definition) is 4. The number of benzene rings is 3. The lowest BCUT2D eigenvalue weighted by Gasteiger charge is -2.14. The number of amides is 1. The van der Waals surface area contributed by atoms with Crippen molar-refractivity contribution in [1.29, 1.82) is 0 Å². The third-order valence-corrected chi connectivity index (χ3v) is 7.27. The highest BCUT2D eigenvalue weighted by molar-refractivity contribution is 9.10. The van der Waals surface area contributed by atoms with Crippen molar-refractivity contribution in [3.63, 3.8) is 0 Å². The molecule has 0 spiro atoms. The van der Waals surface area contributed by atoms with Crippen LogP contribution in [0.5, 0.6) is 5.75 Å². The first-order chi connectivity index (χ1) is 15.3. The van der Waals surface area contributed by atoms with Gasteiger partial charge in [-0.25, -0.2) is 0 Å². The van der Waals surface area contributed by atoms with Crippen LogP contribution in [-0.4, -0.2) is 10.2 Å². The summed E-state index contributed by atoms with van der Waals surface area (Å²) >= 11 is 28.8. The first-order valence-electron chi connectivity index (χ1n) is 9.22. The molecule has 162 valence electrons. The van der Waals surface area contributed by atoms with E-state index in [2.05, 4.69) is 15.9 Å². The van der Waals surface area contributed by atoms with Crippen molar-refractivity contribution < 1.29 is 9.53 Å². The fourth-order valence-corrected chi connectivity index (χ4v) is 5.76. The second-order valence-corrected chi connectivity index (χ2v) is 10.5. The van der Waals surface area contributed by atoms with Gasteiger partial charge in [0.2, 0.25) is 0 Å². The normalized spacial score (nSPS) is 15.0. The minimum Gasteiger partial charge on any atom is -0.486 e. The molecule has 0 saturated carbocycles. The van der Waals surface area contributed by atoms with E-state index in [1.54, 1.807) is 30.3 Å². The van der Waals surface area contributed by atoms with Crippen LogP contribution in [0.3, 0.4) is 0 Å². The molecule has 9 heteroatoms. The van der Waals surface area contributed by atoms with E-state index in [1.165, 1.54) is 16.7 Å². The van der Waals surface area contributed by atoms with Crippen LogP contribution in [0.4, 0.5) is 5.69 Å². The predicted octanol–water partition coefficient (Wildman–Crippen LogP) is 8.39. The summed E-state index contributed by atoms with van der Waals surface area (Å²) in [6.45, 7) is 0.226. The molecule has 0 aliphatic carbocycles. The van der Waals surface area contributed by atoms with Gasteiger partial charge in [-0.05, 0) is 64.0 Å². The topological polar surface area (TPSA) is 29.5 Å². The van der Waals surface area contributed by atoms with E-state index in [0.29, 0.717) is 34.5 Å². The molecule has 0 unspecified atom stereocenters. The van der Waals surface area contributed by atoms with E-state index in [-0.39, 0.29) is 12.5 Å². The number of nitrogens with zero attached hydrogens (tertiary/aromatic N) is 1. The van der Waals surface area contributed by atoms with Crippen molar-refractivity contribution in [3.05, 3.63) is 96.2 Å². The lowest BCUT2D eigenvalue weighted by atomic mass is 10.2. The number of hydrogen-bond donors (Lipinski definition) is 0. The highest BCUT2D eigenvalue weighted by atomic mass is 79.9. The summed E-state index contributed by atoms with van der Waals surface area (Å²) in [5, 5.41) is 1.47. The molecule has 3 nitrogen and oxygen atoms in total. The van der Waals surface area contributed by atoms with Crippen LogP contribution in [0.2, 0.25) is 15.1 Å².